The van der Waals surface area contributed by atoms with Crippen LogP contribution in [0.4, 0.5) is 4.79 Å². The predicted octanol–water partition coefficient (Wildman–Crippen LogP) is 0.917. The molecule has 0 saturated heterocycles. The Morgan fingerprint density at radius 2 is 1.78 bits per heavy atom. The molecule has 0 aliphatic heterocycles. The monoisotopic (exact) mass is 290 g/mol. The van der Waals surface area contributed by atoms with Crippen LogP contribution in [0.1, 0.15) is 6.92 Å². The van der Waals surface area contributed by atoms with Crippen LogP contribution in [0.15, 0.2) is 29.2 Å². The van der Waals surface area contributed by atoms with Crippen LogP contribution >= 0.6 is 11.6 Å². The Kier molecular flexibility index (Phi) is 4.69. The van der Waals surface area contributed by atoms with E-state index >= 15 is 0 Å². The zero-order valence-corrected chi connectivity index (χ0v) is 11.0. The first-order valence-corrected chi connectivity index (χ1v) is 6.73. The number of urea groups is 1. The van der Waals surface area contributed by atoms with E-state index in [0.717, 1.165) is 0 Å². The first-order chi connectivity index (χ1) is 8.31. The second kappa shape index (κ2) is 5.83. The Morgan fingerprint density at radius 1 is 1.22 bits per heavy atom. The molecule has 1 rings (SSSR count). The molecule has 0 aliphatic rings. The molecular weight excluding hydrogens is 280 g/mol. The van der Waals surface area contributed by atoms with Crippen molar-refractivity contribution in [3.63, 3.8) is 0 Å². The van der Waals surface area contributed by atoms with Gasteiger partial charge in [0.25, 0.3) is 10.0 Å². The first kappa shape index (κ1) is 14.5. The van der Waals surface area contributed by atoms with Gasteiger partial charge >= 0.3 is 6.03 Å². The number of amides is 2. The molecule has 0 aliphatic carbocycles. The van der Waals surface area contributed by atoms with Crippen molar-refractivity contribution in [3.8, 4) is 0 Å². The van der Waals surface area contributed by atoms with Gasteiger partial charge < -0.3 is 5.32 Å². The van der Waals surface area contributed by atoms with E-state index in [0.29, 0.717) is 5.02 Å². The summed E-state index contributed by atoms with van der Waals surface area (Å²) in [6.07, 6.45) is 0. The van der Waals surface area contributed by atoms with Gasteiger partial charge in [-0.3, -0.25) is 4.79 Å². The lowest BCUT2D eigenvalue weighted by Gasteiger charge is -2.07. The normalized spacial score (nSPS) is 10.8. The fraction of sp³-hybridized carbons (Fsp3) is 0.200. The molecule has 8 heteroatoms. The van der Waals surface area contributed by atoms with E-state index in [2.05, 4.69) is 5.32 Å². The molecule has 0 fully saturated rings. The van der Waals surface area contributed by atoms with E-state index in [9.17, 15) is 18.0 Å². The summed E-state index contributed by atoms with van der Waals surface area (Å²) in [5.41, 5.74) is 0. The number of carbonyl (C=O) groups excluding carboxylic acids is 2. The van der Waals surface area contributed by atoms with Crippen molar-refractivity contribution < 1.29 is 18.0 Å². The Hall–Kier alpha value is -1.60. The summed E-state index contributed by atoms with van der Waals surface area (Å²) in [6, 6.07) is 4.36. The molecule has 1 aromatic rings. The third-order valence-electron chi connectivity index (χ3n) is 1.85. The molecular formula is C10H11ClN2O4S. The predicted molar refractivity (Wildman–Crippen MR) is 65.9 cm³/mol. The van der Waals surface area contributed by atoms with Crippen LogP contribution in [-0.4, -0.2) is 26.8 Å². The smallest absolute Gasteiger partial charge is 0.329 e. The molecule has 98 valence electrons. The molecule has 6 nitrogen and oxygen atoms in total. The van der Waals surface area contributed by atoms with Gasteiger partial charge in [0.2, 0.25) is 0 Å². The number of hydrogen-bond donors (Lipinski definition) is 2. The number of rotatable bonds is 4. The summed E-state index contributed by atoms with van der Waals surface area (Å²) in [5.74, 6) is -0.283. The van der Waals surface area contributed by atoms with Crippen molar-refractivity contribution in [2.24, 2.45) is 0 Å². The summed E-state index contributed by atoms with van der Waals surface area (Å²) < 4.78 is 25.2. The molecule has 0 heterocycles. The minimum atomic E-state index is -3.96. The van der Waals surface area contributed by atoms with E-state index in [1.165, 1.54) is 31.2 Å². The lowest BCUT2D eigenvalue weighted by Crippen LogP contribution is -2.41. The van der Waals surface area contributed by atoms with Crippen molar-refractivity contribution in [1.82, 2.24) is 10.0 Å². The molecule has 1 aromatic carbocycles. The van der Waals surface area contributed by atoms with Gasteiger partial charge in [0.15, 0.2) is 0 Å². The van der Waals surface area contributed by atoms with Gasteiger partial charge in [-0.05, 0) is 31.2 Å². The Bertz CT molecular complexity index is 554. The standard InChI is InChI=1S/C10H11ClN2O4S/c1-7(14)6-12-10(15)13-18(16,17)9-4-2-8(11)3-5-9/h2-5H,6H2,1H3,(H2,12,13,15). The Morgan fingerprint density at radius 3 is 2.28 bits per heavy atom. The summed E-state index contributed by atoms with van der Waals surface area (Å²) >= 11 is 5.62. The van der Waals surface area contributed by atoms with Gasteiger partial charge in [-0.1, -0.05) is 11.6 Å². The Labute approximate surface area is 109 Å². The maximum absolute atomic E-state index is 11.7. The van der Waals surface area contributed by atoms with Crippen molar-refractivity contribution in [1.29, 1.82) is 0 Å². The number of halogens is 1. The summed E-state index contributed by atoms with van der Waals surface area (Å²) in [4.78, 5) is 21.7. The van der Waals surface area contributed by atoms with Crippen LogP contribution in [0.2, 0.25) is 5.02 Å². The minimum absolute atomic E-state index is 0.0927. The van der Waals surface area contributed by atoms with E-state index in [4.69, 9.17) is 11.6 Å². The summed E-state index contributed by atoms with van der Waals surface area (Å²) in [6.45, 7) is 1.04. The topological polar surface area (TPSA) is 92.3 Å². The molecule has 2 N–H and O–H groups in total. The minimum Gasteiger partial charge on any atom is -0.330 e. The molecule has 0 bridgehead atoms. The first-order valence-electron chi connectivity index (χ1n) is 4.87. The molecule has 0 radical (unpaired) electrons. The van der Waals surface area contributed by atoms with Gasteiger partial charge in [-0.2, -0.15) is 0 Å². The SMILES string of the molecule is CC(=O)CNC(=O)NS(=O)(=O)c1ccc(Cl)cc1. The average Bonchev–Trinajstić information content (AvgIpc) is 2.26. The van der Waals surface area contributed by atoms with E-state index < -0.39 is 16.1 Å². The van der Waals surface area contributed by atoms with Crippen LogP contribution < -0.4 is 10.0 Å². The number of nitrogens with one attached hydrogen (secondary N) is 2. The zero-order valence-electron chi connectivity index (χ0n) is 9.44. The van der Waals surface area contributed by atoms with E-state index in [1.807, 2.05) is 0 Å². The molecule has 0 aromatic heterocycles. The maximum Gasteiger partial charge on any atom is 0.329 e. The second-order valence-electron chi connectivity index (χ2n) is 3.44. The van der Waals surface area contributed by atoms with Crippen LogP contribution in [0.5, 0.6) is 0 Å². The highest BCUT2D eigenvalue weighted by Gasteiger charge is 2.17. The zero-order chi connectivity index (χ0) is 13.8. The fourth-order valence-electron chi connectivity index (χ4n) is 1.04. The maximum atomic E-state index is 11.7. The highest BCUT2D eigenvalue weighted by molar-refractivity contribution is 7.90. The van der Waals surface area contributed by atoms with Crippen molar-refractivity contribution in [2.75, 3.05) is 6.54 Å². The van der Waals surface area contributed by atoms with Gasteiger partial charge in [0.1, 0.15) is 5.78 Å². The van der Waals surface area contributed by atoms with Crippen molar-refractivity contribution >= 4 is 33.4 Å². The van der Waals surface area contributed by atoms with Crippen LogP contribution in [0.3, 0.4) is 0 Å². The van der Waals surface area contributed by atoms with Crippen molar-refractivity contribution in [2.45, 2.75) is 11.8 Å². The van der Waals surface area contributed by atoms with Gasteiger partial charge in [-0.15, -0.1) is 0 Å². The average molecular weight is 291 g/mol. The number of sulfonamides is 1. The lowest BCUT2D eigenvalue weighted by molar-refractivity contribution is -0.116. The Balaban J connectivity index is 2.73. The third-order valence-corrected chi connectivity index (χ3v) is 3.45. The number of hydrogen-bond acceptors (Lipinski definition) is 4. The molecule has 0 unspecified atom stereocenters. The molecule has 0 spiro atoms. The van der Waals surface area contributed by atoms with Gasteiger partial charge in [0, 0.05) is 5.02 Å². The number of Topliss-reactive ketones (excluding diaryl/α,β-unsaturated/α-hetero) is 1. The quantitative estimate of drug-likeness (QED) is 0.862. The number of carbonyl (C=O) groups is 2. The molecule has 18 heavy (non-hydrogen) atoms. The van der Waals surface area contributed by atoms with Crippen LogP contribution in [0.25, 0.3) is 0 Å². The highest BCUT2D eigenvalue weighted by atomic mass is 35.5. The molecule has 0 atom stereocenters. The van der Waals surface area contributed by atoms with Gasteiger partial charge in [0.05, 0.1) is 11.4 Å². The second-order valence-corrected chi connectivity index (χ2v) is 5.56. The summed E-state index contributed by atoms with van der Waals surface area (Å²) in [5, 5.41) is 2.50. The van der Waals surface area contributed by atoms with Crippen molar-refractivity contribution in [3.05, 3.63) is 29.3 Å². The number of benzene rings is 1. The van der Waals surface area contributed by atoms with Crippen LogP contribution in [0, 0.1) is 0 Å². The van der Waals surface area contributed by atoms with Gasteiger partial charge in [-0.25, -0.2) is 17.9 Å². The molecule has 0 saturated carbocycles. The fourth-order valence-corrected chi connectivity index (χ4v) is 2.09. The summed E-state index contributed by atoms with van der Waals surface area (Å²) in [7, 11) is -3.96. The number of ketones is 1. The van der Waals surface area contributed by atoms with Crippen LogP contribution in [-0.2, 0) is 14.8 Å². The van der Waals surface area contributed by atoms with E-state index in [-0.39, 0.29) is 17.2 Å². The molecule has 2 amide bonds. The largest absolute Gasteiger partial charge is 0.330 e. The highest BCUT2D eigenvalue weighted by Crippen LogP contribution is 2.13. The lowest BCUT2D eigenvalue weighted by atomic mass is 10.4. The third kappa shape index (κ3) is 4.34. The van der Waals surface area contributed by atoms with E-state index in [1.54, 1.807) is 4.72 Å².